The Morgan fingerprint density at radius 2 is 2.24 bits per heavy atom. The monoisotopic (exact) mass is 232 g/mol. The summed E-state index contributed by atoms with van der Waals surface area (Å²) < 4.78 is 0. The summed E-state index contributed by atoms with van der Waals surface area (Å²) in [6, 6.07) is 5.40. The van der Waals surface area contributed by atoms with Crippen LogP contribution in [0.1, 0.15) is 23.2 Å². The molecule has 1 atom stereocenters. The molecule has 0 aromatic heterocycles. The summed E-state index contributed by atoms with van der Waals surface area (Å²) in [5.41, 5.74) is 0.0344. The Morgan fingerprint density at radius 3 is 2.94 bits per heavy atom. The molecule has 1 aromatic carbocycles. The Kier molecular flexibility index (Phi) is 2.88. The predicted molar refractivity (Wildman–Crippen MR) is 59.4 cm³/mol. The minimum Gasteiger partial charge on any atom is -0.508 e. The number of likely N-dealkylation sites (tertiary alicyclic amines) is 1. The van der Waals surface area contributed by atoms with E-state index in [1.165, 1.54) is 23.1 Å². The van der Waals surface area contributed by atoms with Crippen molar-refractivity contribution < 1.29 is 15.0 Å². The summed E-state index contributed by atoms with van der Waals surface area (Å²) in [5.74, 6) is -0.683. The van der Waals surface area contributed by atoms with Crippen molar-refractivity contribution in [2.75, 3.05) is 6.54 Å². The van der Waals surface area contributed by atoms with Crippen LogP contribution in [0.25, 0.3) is 0 Å². The lowest BCUT2D eigenvalue weighted by Gasteiger charge is -2.19. The minimum absolute atomic E-state index is 0.0344. The highest BCUT2D eigenvalue weighted by Crippen LogP contribution is 2.26. The number of hydrogen-bond acceptors (Lipinski definition) is 4. The molecule has 1 fully saturated rings. The van der Waals surface area contributed by atoms with Crippen LogP contribution in [0.2, 0.25) is 0 Å². The lowest BCUT2D eigenvalue weighted by Crippen LogP contribution is -2.34. The van der Waals surface area contributed by atoms with Gasteiger partial charge in [0.1, 0.15) is 17.5 Å². The van der Waals surface area contributed by atoms with Crippen molar-refractivity contribution >= 4 is 5.91 Å². The number of hydrogen-bond donors (Lipinski definition) is 2. The van der Waals surface area contributed by atoms with Gasteiger partial charge in [-0.2, -0.15) is 5.26 Å². The van der Waals surface area contributed by atoms with E-state index in [2.05, 4.69) is 6.07 Å². The second-order valence-corrected chi connectivity index (χ2v) is 3.99. The Balaban J connectivity index is 2.31. The van der Waals surface area contributed by atoms with Gasteiger partial charge in [0.05, 0.1) is 11.6 Å². The van der Waals surface area contributed by atoms with Gasteiger partial charge in [0.25, 0.3) is 5.91 Å². The molecular weight excluding hydrogens is 220 g/mol. The van der Waals surface area contributed by atoms with E-state index < -0.39 is 11.9 Å². The molecule has 0 saturated carbocycles. The molecule has 2 N–H and O–H groups in total. The number of benzene rings is 1. The molecule has 1 aliphatic rings. The quantitative estimate of drug-likeness (QED) is 0.713. The maximum Gasteiger partial charge on any atom is 0.258 e. The van der Waals surface area contributed by atoms with Gasteiger partial charge < -0.3 is 15.1 Å². The average molecular weight is 232 g/mol. The van der Waals surface area contributed by atoms with Gasteiger partial charge in [-0.3, -0.25) is 4.79 Å². The fourth-order valence-electron chi connectivity index (χ4n) is 1.99. The summed E-state index contributed by atoms with van der Waals surface area (Å²) >= 11 is 0. The molecule has 0 bridgehead atoms. The van der Waals surface area contributed by atoms with E-state index in [-0.39, 0.29) is 17.1 Å². The van der Waals surface area contributed by atoms with Crippen LogP contribution in [0.5, 0.6) is 11.5 Å². The molecular formula is C12H12N2O3. The Morgan fingerprint density at radius 1 is 1.47 bits per heavy atom. The van der Waals surface area contributed by atoms with E-state index >= 15 is 0 Å². The molecule has 5 heteroatoms. The molecule has 1 saturated heterocycles. The third-order valence-corrected chi connectivity index (χ3v) is 2.87. The smallest absolute Gasteiger partial charge is 0.258 e. The van der Waals surface area contributed by atoms with E-state index in [9.17, 15) is 15.0 Å². The number of aromatic hydroxyl groups is 2. The number of carbonyl (C=O) groups excluding carboxylic acids is 1. The molecule has 1 aliphatic heterocycles. The van der Waals surface area contributed by atoms with Crippen molar-refractivity contribution in [1.82, 2.24) is 4.90 Å². The highest BCUT2D eigenvalue weighted by Gasteiger charge is 2.30. The molecule has 5 nitrogen and oxygen atoms in total. The first kappa shape index (κ1) is 11.3. The molecule has 0 spiro atoms. The second kappa shape index (κ2) is 4.34. The zero-order valence-corrected chi connectivity index (χ0v) is 9.13. The molecule has 2 rings (SSSR count). The standard InChI is InChI=1S/C12H12N2O3/c13-7-8-2-1-5-14(8)12(17)10-6-9(15)3-4-11(10)16/h3-4,6,8,15-16H,1-2,5H2. The minimum atomic E-state index is -0.441. The van der Waals surface area contributed by atoms with Crippen molar-refractivity contribution in [1.29, 1.82) is 5.26 Å². The molecule has 0 radical (unpaired) electrons. The second-order valence-electron chi connectivity index (χ2n) is 3.99. The van der Waals surface area contributed by atoms with Gasteiger partial charge in [-0.1, -0.05) is 0 Å². The van der Waals surface area contributed by atoms with Crippen molar-refractivity contribution in [2.24, 2.45) is 0 Å². The third-order valence-electron chi connectivity index (χ3n) is 2.87. The maximum atomic E-state index is 12.1. The van der Waals surface area contributed by atoms with Crippen LogP contribution in [0.15, 0.2) is 18.2 Å². The zero-order valence-electron chi connectivity index (χ0n) is 9.13. The van der Waals surface area contributed by atoms with E-state index in [1.54, 1.807) is 0 Å². The highest BCUT2D eigenvalue weighted by atomic mass is 16.3. The van der Waals surface area contributed by atoms with Gasteiger partial charge in [0.15, 0.2) is 0 Å². The van der Waals surface area contributed by atoms with Gasteiger partial charge in [-0.25, -0.2) is 0 Å². The first-order valence-corrected chi connectivity index (χ1v) is 5.36. The first-order chi connectivity index (χ1) is 8.13. The lowest BCUT2D eigenvalue weighted by atomic mass is 10.1. The number of phenols is 2. The fraction of sp³-hybridized carbons (Fsp3) is 0.333. The summed E-state index contributed by atoms with van der Waals surface area (Å²) in [6.07, 6.45) is 1.44. The zero-order chi connectivity index (χ0) is 12.4. The van der Waals surface area contributed by atoms with Crippen LogP contribution in [0.4, 0.5) is 0 Å². The molecule has 88 valence electrons. The largest absolute Gasteiger partial charge is 0.508 e. The van der Waals surface area contributed by atoms with Crippen LogP contribution in [0.3, 0.4) is 0 Å². The van der Waals surface area contributed by atoms with Gasteiger partial charge in [-0.05, 0) is 31.0 Å². The van der Waals surface area contributed by atoms with Crippen molar-refractivity contribution in [3.8, 4) is 17.6 Å². The number of nitriles is 1. The SMILES string of the molecule is N#CC1CCCN1C(=O)c1cc(O)ccc1O. The van der Waals surface area contributed by atoms with E-state index in [1.807, 2.05) is 0 Å². The van der Waals surface area contributed by atoms with Crippen molar-refractivity contribution in [2.45, 2.75) is 18.9 Å². The van der Waals surface area contributed by atoms with Crippen molar-refractivity contribution in [3.05, 3.63) is 23.8 Å². The molecule has 1 unspecified atom stereocenters. The number of amides is 1. The number of carbonyl (C=O) groups is 1. The fourth-order valence-corrected chi connectivity index (χ4v) is 1.99. The van der Waals surface area contributed by atoms with Crippen LogP contribution >= 0.6 is 0 Å². The summed E-state index contributed by atoms with van der Waals surface area (Å²) in [5, 5.41) is 27.8. The van der Waals surface area contributed by atoms with E-state index in [0.29, 0.717) is 13.0 Å². The van der Waals surface area contributed by atoms with Gasteiger partial charge >= 0.3 is 0 Å². The van der Waals surface area contributed by atoms with Gasteiger partial charge in [0.2, 0.25) is 0 Å². The average Bonchev–Trinajstić information content (AvgIpc) is 2.79. The number of phenolic OH excluding ortho intramolecular Hbond substituents is 2. The molecule has 0 aliphatic carbocycles. The van der Waals surface area contributed by atoms with Gasteiger partial charge in [0, 0.05) is 6.54 Å². The maximum absolute atomic E-state index is 12.1. The van der Waals surface area contributed by atoms with Crippen molar-refractivity contribution in [3.63, 3.8) is 0 Å². The topological polar surface area (TPSA) is 84.6 Å². The van der Waals surface area contributed by atoms with Gasteiger partial charge in [-0.15, -0.1) is 0 Å². The highest BCUT2D eigenvalue weighted by molar-refractivity contribution is 5.97. The van der Waals surface area contributed by atoms with E-state index in [4.69, 9.17) is 5.26 Å². The lowest BCUT2D eigenvalue weighted by molar-refractivity contribution is 0.0761. The normalized spacial score (nSPS) is 19.0. The van der Waals surface area contributed by atoms with E-state index in [0.717, 1.165) is 6.42 Å². The predicted octanol–water partition coefficient (Wildman–Crippen LogP) is 1.23. The van der Waals surface area contributed by atoms with Crippen LogP contribution in [-0.2, 0) is 0 Å². The first-order valence-electron chi connectivity index (χ1n) is 5.36. The molecule has 1 aromatic rings. The van der Waals surface area contributed by atoms with Crippen LogP contribution < -0.4 is 0 Å². The molecule has 1 amide bonds. The number of rotatable bonds is 1. The van der Waals surface area contributed by atoms with Crippen LogP contribution in [0, 0.1) is 11.3 Å². The summed E-state index contributed by atoms with van der Waals surface area (Å²) in [7, 11) is 0. The summed E-state index contributed by atoms with van der Waals surface area (Å²) in [6.45, 7) is 0.506. The van der Waals surface area contributed by atoms with Crippen LogP contribution in [-0.4, -0.2) is 33.6 Å². The Labute approximate surface area is 98.5 Å². The third kappa shape index (κ3) is 2.02. The Hall–Kier alpha value is -2.22. The molecule has 17 heavy (non-hydrogen) atoms. The summed E-state index contributed by atoms with van der Waals surface area (Å²) in [4.78, 5) is 13.5. The Bertz CT molecular complexity index is 493. The number of nitrogens with zero attached hydrogens (tertiary/aromatic N) is 2. The molecule has 1 heterocycles.